The van der Waals surface area contributed by atoms with Crippen LogP contribution in [0.5, 0.6) is 11.5 Å². The van der Waals surface area contributed by atoms with E-state index in [1.165, 1.54) is 5.01 Å². The Balaban J connectivity index is 1.69. The van der Waals surface area contributed by atoms with Crippen LogP contribution in [0.15, 0.2) is 23.3 Å². The summed E-state index contributed by atoms with van der Waals surface area (Å²) in [4.78, 5) is 27.5. The first-order valence-corrected chi connectivity index (χ1v) is 10.2. The molecule has 2 aliphatic rings. The third-order valence-electron chi connectivity index (χ3n) is 4.96. The number of benzene rings is 1. The summed E-state index contributed by atoms with van der Waals surface area (Å²) in [5.41, 5.74) is 7.02. The maximum Gasteiger partial charge on any atom is 0.244 e. The molecule has 2 N–H and O–H groups in total. The molecule has 2 heterocycles. The van der Waals surface area contributed by atoms with Crippen LogP contribution < -0.4 is 15.2 Å². The predicted octanol–water partition coefficient (Wildman–Crippen LogP) is 1.03. The normalized spacial score (nSPS) is 18.5. The number of rotatable bonds is 8. The van der Waals surface area contributed by atoms with Crippen molar-refractivity contribution in [3.63, 3.8) is 0 Å². The molecule has 0 saturated carbocycles. The Morgan fingerprint density at radius 3 is 2.67 bits per heavy atom. The van der Waals surface area contributed by atoms with Gasteiger partial charge in [-0.2, -0.15) is 5.10 Å². The van der Waals surface area contributed by atoms with Crippen LogP contribution in [0.25, 0.3) is 0 Å². The summed E-state index contributed by atoms with van der Waals surface area (Å²) in [5, 5.41) is 6.16. The first-order valence-electron chi connectivity index (χ1n) is 10.2. The molecule has 2 amide bonds. The lowest BCUT2D eigenvalue weighted by Crippen LogP contribution is -2.50. The average molecular weight is 417 g/mol. The molecule has 2 aliphatic heterocycles. The van der Waals surface area contributed by atoms with Gasteiger partial charge < -0.3 is 15.2 Å². The summed E-state index contributed by atoms with van der Waals surface area (Å²) in [5.74, 6) is 0.989. The highest BCUT2D eigenvalue weighted by molar-refractivity contribution is 6.04. The molecular formula is C21H30N5O4. The van der Waals surface area contributed by atoms with Gasteiger partial charge in [0.1, 0.15) is 0 Å². The number of carbonyl (C=O) groups excluding carboxylic acids is 2. The van der Waals surface area contributed by atoms with Crippen molar-refractivity contribution in [1.29, 1.82) is 0 Å². The van der Waals surface area contributed by atoms with Crippen molar-refractivity contribution < 1.29 is 19.1 Å². The van der Waals surface area contributed by atoms with Crippen LogP contribution >= 0.6 is 0 Å². The van der Waals surface area contributed by atoms with Gasteiger partial charge in [0, 0.05) is 44.6 Å². The topological polar surface area (TPSA) is 101 Å². The Labute approximate surface area is 177 Å². The minimum Gasteiger partial charge on any atom is -0.493 e. The average Bonchev–Trinajstić information content (AvgIpc) is 2.70. The molecule has 1 aromatic rings. The van der Waals surface area contributed by atoms with Crippen LogP contribution in [0.3, 0.4) is 0 Å². The fourth-order valence-corrected chi connectivity index (χ4v) is 3.47. The Hall–Kier alpha value is -2.65. The van der Waals surface area contributed by atoms with Crippen molar-refractivity contribution in [2.75, 3.05) is 40.0 Å². The van der Waals surface area contributed by atoms with Crippen LogP contribution in [0.1, 0.15) is 32.3 Å². The first-order chi connectivity index (χ1) is 14.4. The second-order valence-corrected chi connectivity index (χ2v) is 7.71. The van der Waals surface area contributed by atoms with Crippen molar-refractivity contribution in [2.24, 2.45) is 10.8 Å². The van der Waals surface area contributed by atoms with Crippen LogP contribution in [0, 0.1) is 6.54 Å². The van der Waals surface area contributed by atoms with Crippen LogP contribution in [0.4, 0.5) is 0 Å². The Bertz CT molecular complexity index is 803. The highest BCUT2D eigenvalue weighted by Gasteiger charge is 2.26. The molecule has 9 nitrogen and oxygen atoms in total. The molecule has 1 aromatic carbocycles. The fraction of sp³-hybridized carbons (Fsp3) is 0.524. The highest BCUT2D eigenvalue weighted by Crippen LogP contribution is 2.30. The number of amides is 2. The van der Waals surface area contributed by atoms with Crippen molar-refractivity contribution in [3.8, 4) is 11.5 Å². The molecule has 1 radical (unpaired) electrons. The van der Waals surface area contributed by atoms with E-state index in [2.05, 4.69) is 10.0 Å². The highest BCUT2D eigenvalue weighted by atomic mass is 16.5. The molecule has 30 heavy (non-hydrogen) atoms. The lowest BCUT2D eigenvalue weighted by atomic mass is 10.0. The van der Waals surface area contributed by atoms with E-state index >= 15 is 0 Å². The largest absolute Gasteiger partial charge is 0.493 e. The third kappa shape index (κ3) is 5.70. The van der Waals surface area contributed by atoms with Crippen molar-refractivity contribution in [3.05, 3.63) is 30.3 Å². The number of nitrogens with zero attached hydrogens (tertiary/aromatic N) is 4. The zero-order valence-electron chi connectivity index (χ0n) is 17.8. The number of hydrazone groups is 1. The summed E-state index contributed by atoms with van der Waals surface area (Å²) >= 11 is 0. The van der Waals surface area contributed by atoms with Crippen LogP contribution in [-0.2, 0) is 9.59 Å². The van der Waals surface area contributed by atoms with E-state index in [4.69, 9.17) is 15.2 Å². The summed E-state index contributed by atoms with van der Waals surface area (Å²) in [6.45, 7) is 8.55. The van der Waals surface area contributed by atoms with Gasteiger partial charge in [-0.3, -0.25) is 19.4 Å². The number of primary amides is 1. The fourth-order valence-electron chi connectivity index (χ4n) is 3.47. The summed E-state index contributed by atoms with van der Waals surface area (Å²) < 4.78 is 11.3. The maximum absolute atomic E-state index is 12.4. The van der Waals surface area contributed by atoms with Gasteiger partial charge in [0.05, 0.1) is 32.1 Å². The molecule has 0 aliphatic carbocycles. The molecule has 0 unspecified atom stereocenters. The van der Waals surface area contributed by atoms with E-state index in [0.29, 0.717) is 44.1 Å². The maximum atomic E-state index is 12.4. The van der Waals surface area contributed by atoms with Crippen LogP contribution in [0.2, 0.25) is 0 Å². The van der Waals surface area contributed by atoms with E-state index < -0.39 is 0 Å². The monoisotopic (exact) mass is 416 g/mol. The van der Waals surface area contributed by atoms with Gasteiger partial charge in [-0.1, -0.05) is 0 Å². The number of piperazine rings is 1. The summed E-state index contributed by atoms with van der Waals surface area (Å²) in [6.07, 6.45) is 1.02. The van der Waals surface area contributed by atoms with E-state index in [1.807, 2.05) is 43.5 Å². The number of hydrogen-bond donors (Lipinski definition) is 1. The van der Waals surface area contributed by atoms with Gasteiger partial charge in [0.25, 0.3) is 0 Å². The molecule has 3 rings (SSSR count). The van der Waals surface area contributed by atoms with E-state index in [9.17, 15) is 9.59 Å². The van der Waals surface area contributed by atoms with Crippen molar-refractivity contribution >= 4 is 17.5 Å². The summed E-state index contributed by atoms with van der Waals surface area (Å²) in [7, 11) is 1.61. The molecule has 1 saturated heterocycles. The Morgan fingerprint density at radius 2 is 2.03 bits per heavy atom. The van der Waals surface area contributed by atoms with Gasteiger partial charge in [0.15, 0.2) is 11.5 Å². The van der Waals surface area contributed by atoms with Crippen molar-refractivity contribution in [1.82, 2.24) is 14.8 Å². The number of hydrogen-bond acceptors (Lipinski definition) is 7. The van der Waals surface area contributed by atoms with Crippen molar-refractivity contribution in [2.45, 2.75) is 32.8 Å². The Morgan fingerprint density at radius 1 is 1.23 bits per heavy atom. The minimum absolute atomic E-state index is 0.00508. The quantitative estimate of drug-likeness (QED) is 0.679. The Kier molecular flexibility index (Phi) is 7.28. The van der Waals surface area contributed by atoms with Gasteiger partial charge >= 0.3 is 0 Å². The molecule has 9 heteroatoms. The summed E-state index contributed by atoms with van der Waals surface area (Å²) in [6, 6.07) is 5.72. The number of methoxy groups -OCH3 is 1. The molecule has 0 atom stereocenters. The molecular weight excluding hydrogens is 386 g/mol. The molecule has 1 fully saturated rings. The number of ether oxygens (including phenoxy) is 2. The minimum atomic E-state index is -0.347. The van der Waals surface area contributed by atoms with Gasteiger partial charge in [0.2, 0.25) is 11.8 Å². The SMILES string of the molecule is COc1ccc(C2=NN(CN3C[CH]N(CC(N)=O)CC3)C(=O)CC2)cc1OC(C)C. The number of carbonyl (C=O) groups is 2. The lowest BCUT2D eigenvalue weighted by Gasteiger charge is -2.36. The van der Waals surface area contributed by atoms with Gasteiger partial charge in [-0.05, 0) is 32.0 Å². The van der Waals surface area contributed by atoms with Gasteiger partial charge in [-0.25, -0.2) is 5.01 Å². The third-order valence-corrected chi connectivity index (χ3v) is 4.96. The first kappa shape index (κ1) is 22.0. The standard InChI is InChI=1S/C21H30N5O4/c1-15(2)30-19-12-16(4-6-18(19)29-3)17-5-7-21(28)26(23-17)14-25-10-8-24(9-11-25)13-20(22)27/h4,6,8,12,15H,5,7,9-11,13-14H2,1-3H3,(H2,22,27). The van der Waals surface area contributed by atoms with E-state index in [1.54, 1.807) is 7.11 Å². The molecule has 0 spiro atoms. The molecule has 0 bridgehead atoms. The van der Waals surface area contributed by atoms with Crippen LogP contribution in [-0.4, -0.2) is 78.4 Å². The second kappa shape index (κ2) is 9.90. The zero-order chi connectivity index (χ0) is 21.7. The molecule has 163 valence electrons. The zero-order valence-corrected chi connectivity index (χ0v) is 17.8. The predicted molar refractivity (Wildman–Crippen MR) is 113 cm³/mol. The lowest BCUT2D eigenvalue weighted by molar-refractivity contribution is -0.134. The molecule has 0 aromatic heterocycles. The van der Waals surface area contributed by atoms with E-state index in [0.717, 1.165) is 17.8 Å². The second-order valence-electron chi connectivity index (χ2n) is 7.71. The number of nitrogens with two attached hydrogens (primary N) is 1. The smallest absolute Gasteiger partial charge is 0.244 e. The van der Waals surface area contributed by atoms with Gasteiger partial charge in [-0.15, -0.1) is 0 Å². The van der Waals surface area contributed by atoms with E-state index in [-0.39, 0.29) is 24.5 Å².